The molecule has 0 bridgehead atoms. The lowest BCUT2D eigenvalue weighted by molar-refractivity contribution is 0.149. The number of rotatable bonds is 7. The van der Waals surface area contributed by atoms with Crippen molar-refractivity contribution in [2.24, 2.45) is 0 Å². The number of nitrogens with one attached hydrogen (secondary N) is 1. The number of aryl methyl sites for hydroxylation is 1. The van der Waals surface area contributed by atoms with Crippen LogP contribution in [0, 0.1) is 6.92 Å². The molecule has 1 heterocycles. The van der Waals surface area contributed by atoms with Crippen molar-refractivity contribution in [3.63, 3.8) is 0 Å². The van der Waals surface area contributed by atoms with Crippen molar-refractivity contribution < 1.29 is 4.74 Å². The van der Waals surface area contributed by atoms with E-state index in [0.717, 1.165) is 38.5 Å². The Morgan fingerprint density at radius 3 is 3.00 bits per heavy atom. The Morgan fingerprint density at radius 2 is 2.36 bits per heavy atom. The summed E-state index contributed by atoms with van der Waals surface area (Å²) in [5, 5.41) is 7.58. The highest BCUT2D eigenvalue weighted by atomic mass is 16.5. The fourth-order valence-electron chi connectivity index (χ4n) is 1.19. The van der Waals surface area contributed by atoms with E-state index in [-0.39, 0.29) is 0 Å². The summed E-state index contributed by atoms with van der Waals surface area (Å²) in [5.41, 5.74) is 1.07. The standard InChI is InChI=1S/C10H19N3O/c1-3-14-9-6-11-5-8-13-7-4-10(2)12-13/h4,7,11H,3,5-6,8-9H2,1-2H3. The zero-order chi connectivity index (χ0) is 10.2. The van der Waals surface area contributed by atoms with Crippen LogP contribution in [0.15, 0.2) is 12.3 Å². The predicted molar refractivity (Wildman–Crippen MR) is 56.3 cm³/mol. The Labute approximate surface area is 85.3 Å². The number of hydrogen-bond acceptors (Lipinski definition) is 3. The van der Waals surface area contributed by atoms with Gasteiger partial charge in [-0.2, -0.15) is 5.10 Å². The highest BCUT2D eigenvalue weighted by molar-refractivity contribution is 4.94. The maximum absolute atomic E-state index is 5.20. The van der Waals surface area contributed by atoms with Crippen LogP contribution in [-0.2, 0) is 11.3 Å². The zero-order valence-corrected chi connectivity index (χ0v) is 8.99. The third-order valence-electron chi connectivity index (χ3n) is 1.92. The van der Waals surface area contributed by atoms with Crippen LogP contribution >= 0.6 is 0 Å². The predicted octanol–water partition coefficient (Wildman–Crippen LogP) is 0.818. The molecular formula is C10H19N3O. The van der Waals surface area contributed by atoms with Crippen LogP contribution in [0.4, 0.5) is 0 Å². The second kappa shape index (κ2) is 6.56. The van der Waals surface area contributed by atoms with Crippen LogP contribution in [0.5, 0.6) is 0 Å². The lowest BCUT2D eigenvalue weighted by atomic mass is 10.5. The van der Waals surface area contributed by atoms with Crippen molar-refractivity contribution >= 4 is 0 Å². The Hall–Kier alpha value is -0.870. The molecule has 0 unspecified atom stereocenters. The van der Waals surface area contributed by atoms with Crippen molar-refractivity contribution in [1.82, 2.24) is 15.1 Å². The number of ether oxygens (including phenoxy) is 1. The number of nitrogens with zero attached hydrogens (tertiary/aromatic N) is 2. The van der Waals surface area contributed by atoms with E-state index < -0.39 is 0 Å². The first kappa shape index (κ1) is 11.2. The molecule has 1 aromatic heterocycles. The molecule has 0 spiro atoms. The molecule has 0 amide bonds. The molecular weight excluding hydrogens is 178 g/mol. The number of aromatic nitrogens is 2. The molecule has 0 radical (unpaired) electrons. The van der Waals surface area contributed by atoms with E-state index in [4.69, 9.17) is 4.74 Å². The SMILES string of the molecule is CCOCCNCCn1ccc(C)n1. The summed E-state index contributed by atoms with van der Waals surface area (Å²) in [6.07, 6.45) is 2.00. The summed E-state index contributed by atoms with van der Waals surface area (Å²) in [5.74, 6) is 0. The van der Waals surface area contributed by atoms with Crippen LogP contribution in [0.1, 0.15) is 12.6 Å². The van der Waals surface area contributed by atoms with Crippen molar-refractivity contribution in [2.45, 2.75) is 20.4 Å². The van der Waals surface area contributed by atoms with E-state index in [1.807, 2.05) is 30.8 Å². The summed E-state index contributed by atoms with van der Waals surface area (Å²) >= 11 is 0. The lowest BCUT2D eigenvalue weighted by Crippen LogP contribution is -2.24. The van der Waals surface area contributed by atoms with Gasteiger partial charge in [0.15, 0.2) is 0 Å². The van der Waals surface area contributed by atoms with Crippen LogP contribution in [-0.4, -0.2) is 36.1 Å². The van der Waals surface area contributed by atoms with E-state index in [0.29, 0.717) is 0 Å². The molecule has 4 heteroatoms. The van der Waals surface area contributed by atoms with Gasteiger partial charge in [-0.3, -0.25) is 4.68 Å². The summed E-state index contributed by atoms with van der Waals surface area (Å²) in [6, 6.07) is 2.01. The third kappa shape index (κ3) is 4.39. The summed E-state index contributed by atoms with van der Waals surface area (Å²) < 4.78 is 7.15. The average Bonchev–Trinajstić information content (AvgIpc) is 2.58. The molecule has 0 aliphatic rings. The first-order chi connectivity index (χ1) is 6.83. The average molecular weight is 197 g/mol. The second-order valence-corrected chi connectivity index (χ2v) is 3.17. The van der Waals surface area contributed by atoms with E-state index in [2.05, 4.69) is 10.4 Å². The van der Waals surface area contributed by atoms with Gasteiger partial charge in [0.1, 0.15) is 0 Å². The molecule has 0 saturated heterocycles. The maximum Gasteiger partial charge on any atom is 0.0593 e. The lowest BCUT2D eigenvalue weighted by Gasteiger charge is -2.04. The molecule has 0 saturated carbocycles. The Balaban J connectivity index is 1.99. The van der Waals surface area contributed by atoms with Gasteiger partial charge in [-0.25, -0.2) is 0 Å². The molecule has 80 valence electrons. The highest BCUT2D eigenvalue weighted by Gasteiger charge is 1.92. The van der Waals surface area contributed by atoms with Crippen LogP contribution < -0.4 is 5.32 Å². The highest BCUT2D eigenvalue weighted by Crippen LogP contribution is 1.90. The fraction of sp³-hybridized carbons (Fsp3) is 0.700. The first-order valence-corrected chi connectivity index (χ1v) is 5.11. The van der Waals surface area contributed by atoms with Crippen LogP contribution in [0.25, 0.3) is 0 Å². The molecule has 4 nitrogen and oxygen atoms in total. The van der Waals surface area contributed by atoms with Gasteiger partial charge >= 0.3 is 0 Å². The summed E-state index contributed by atoms with van der Waals surface area (Å²) in [4.78, 5) is 0. The molecule has 0 aromatic carbocycles. The zero-order valence-electron chi connectivity index (χ0n) is 8.99. The fourth-order valence-corrected chi connectivity index (χ4v) is 1.19. The van der Waals surface area contributed by atoms with E-state index in [1.54, 1.807) is 0 Å². The summed E-state index contributed by atoms with van der Waals surface area (Å²) in [6.45, 7) is 8.35. The van der Waals surface area contributed by atoms with E-state index in [9.17, 15) is 0 Å². The molecule has 0 aliphatic carbocycles. The van der Waals surface area contributed by atoms with Gasteiger partial charge in [-0.05, 0) is 19.9 Å². The van der Waals surface area contributed by atoms with Crippen molar-refractivity contribution in [3.05, 3.63) is 18.0 Å². The largest absolute Gasteiger partial charge is 0.380 e. The molecule has 1 N–H and O–H groups in total. The first-order valence-electron chi connectivity index (χ1n) is 5.11. The molecule has 0 aliphatic heterocycles. The van der Waals surface area contributed by atoms with Gasteiger partial charge in [-0.15, -0.1) is 0 Å². The minimum atomic E-state index is 0.786. The number of hydrogen-bond donors (Lipinski definition) is 1. The minimum absolute atomic E-state index is 0.786. The van der Waals surface area contributed by atoms with Crippen LogP contribution in [0.2, 0.25) is 0 Å². The smallest absolute Gasteiger partial charge is 0.0593 e. The van der Waals surface area contributed by atoms with Gasteiger partial charge in [0.05, 0.1) is 18.8 Å². The summed E-state index contributed by atoms with van der Waals surface area (Å²) in [7, 11) is 0. The van der Waals surface area contributed by atoms with Gasteiger partial charge in [0.25, 0.3) is 0 Å². The normalized spacial score (nSPS) is 10.7. The van der Waals surface area contributed by atoms with Crippen molar-refractivity contribution in [2.75, 3.05) is 26.3 Å². The van der Waals surface area contributed by atoms with Crippen molar-refractivity contribution in [1.29, 1.82) is 0 Å². The van der Waals surface area contributed by atoms with Crippen molar-refractivity contribution in [3.8, 4) is 0 Å². The van der Waals surface area contributed by atoms with E-state index in [1.165, 1.54) is 0 Å². The monoisotopic (exact) mass is 197 g/mol. The quantitative estimate of drug-likeness (QED) is 0.658. The molecule has 1 rings (SSSR count). The van der Waals surface area contributed by atoms with E-state index >= 15 is 0 Å². The Morgan fingerprint density at radius 1 is 1.50 bits per heavy atom. The Kier molecular flexibility index (Phi) is 5.25. The molecule has 1 aromatic rings. The molecule has 14 heavy (non-hydrogen) atoms. The van der Waals surface area contributed by atoms with Crippen LogP contribution in [0.3, 0.4) is 0 Å². The third-order valence-corrected chi connectivity index (χ3v) is 1.92. The minimum Gasteiger partial charge on any atom is -0.380 e. The second-order valence-electron chi connectivity index (χ2n) is 3.17. The Bertz CT molecular complexity index is 247. The molecule has 0 atom stereocenters. The molecule has 0 fully saturated rings. The maximum atomic E-state index is 5.20. The van der Waals surface area contributed by atoms with Gasteiger partial charge in [0, 0.05) is 25.9 Å². The van der Waals surface area contributed by atoms with Gasteiger partial charge < -0.3 is 10.1 Å². The van der Waals surface area contributed by atoms with Gasteiger partial charge in [0.2, 0.25) is 0 Å². The van der Waals surface area contributed by atoms with Gasteiger partial charge in [-0.1, -0.05) is 0 Å². The topological polar surface area (TPSA) is 39.1 Å².